The molecule has 0 aliphatic heterocycles. The van der Waals surface area contributed by atoms with Crippen LogP contribution in [0, 0.1) is 0 Å². The summed E-state index contributed by atoms with van der Waals surface area (Å²) in [5.41, 5.74) is 0.700. The third kappa shape index (κ3) is 4.85. The molecule has 1 N–H and O–H groups in total. The molecule has 2 aromatic heterocycles. The minimum absolute atomic E-state index is 0.00597. The molecule has 0 saturated carbocycles. The van der Waals surface area contributed by atoms with E-state index in [0.29, 0.717) is 5.56 Å². The van der Waals surface area contributed by atoms with Crippen molar-refractivity contribution in [3.8, 4) is 0 Å². The van der Waals surface area contributed by atoms with E-state index in [1.54, 1.807) is 24.5 Å². The van der Waals surface area contributed by atoms with Crippen molar-refractivity contribution < 1.29 is 14.3 Å². The molecule has 0 unspecified atom stereocenters. The number of hydrogen-bond acceptors (Lipinski definition) is 6. The number of anilines is 1. The number of benzene rings is 1. The third-order valence-corrected chi connectivity index (χ3v) is 3.66. The van der Waals surface area contributed by atoms with Gasteiger partial charge in [-0.3, -0.25) is 19.9 Å². The highest BCUT2D eigenvalue weighted by atomic mass is 16.5. The number of hydrogen-bond donors (Lipinski definition) is 1. The summed E-state index contributed by atoms with van der Waals surface area (Å²) in [5.74, 6) is -0.472. The molecule has 0 aliphatic rings. The van der Waals surface area contributed by atoms with Crippen molar-refractivity contribution in [2.75, 3.05) is 5.32 Å². The largest absolute Gasteiger partial charge is 0.444 e. The summed E-state index contributed by atoms with van der Waals surface area (Å²) in [5, 5.41) is 2.32. The number of nitrogens with zero attached hydrogens (tertiary/aromatic N) is 3. The van der Waals surface area contributed by atoms with E-state index in [1.165, 1.54) is 6.20 Å². The van der Waals surface area contributed by atoms with E-state index in [0.717, 1.165) is 16.5 Å². The second-order valence-corrected chi connectivity index (χ2v) is 5.60. The van der Waals surface area contributed by atoms with Crippen LogP contribution < -0.4 is 10.9 Å². The predicted octanol–water partition coefficient (Wildman–Crippen LogP) is 2.27. The fraction of sp³-hybridized carbons (Fsp3) is 0.105. The van der Waals surface area contributed by atoms with Crippen molar-refractivity contribution in [2.45, 2.75) is 13.0 Å². The van der Waals surface area contributed by atoms with Gasteiger partial charge in [-0.2, -0.15) is 0 Å². The zero-order valence-electron chi connectivity index (χ0n) is 14.2. The number of carbonyl (C=O) groups excluding carboxylic acids is 2. The van der Waals surface area contributed by atoms with E-state index in [4.69, 9.17) is 4.74 Å². The number of ether oxygens (including phenoxy) is 1. The molecule has 0 radical (unpaired) electrons. The zero-order chi connectivity index (χ0) is 19.1. The summed E-state index contributed by atoms with van der Waals surface area (Å²) >= 11 is 0. The molecule has 8 nitrogen and oxygen atoms in total. The third-order valence-electron chi connectivity index (χ3n) is 3.66. The molecule has 8 heteroatoms. The van der Waals surface area contributed by atoms with E-state index in [1.807, 2.05) is 30.3 Å². The Morgan fingerprint density at radius 1 is 1.00 bits per heavy atom. The lowest BCUT2D eigenvalue weighted by atomic mass is 10.2. The normalized spacial score (nSPS) is 10.2. The Bertz CT molecular complexity index is 987. The minimum atomic E-state index is -0.808. The van der Waals surface area contributed by atoms with Crippen LogP contribution in [0.5, 0.6) is 0 Å². The lowest BCUT2D eigenvalue weighted by molar-refractivity contribution is 0.0908. The molecule has 1 amide bonds. The smallest absolute Gasteiger partial charge is 0.412 e. The van der Waals surface area contributed by atoms with Crippen molar-refractivity contribution in [1.82, 2.24) is 14.5 Å². The van der Waals surface area contributed by atoms with Gasteiger partial charge in [0, 0.05) is 12.4 Å². The van der Waals surface area contributed by atoms with Crippen molar-refractivity contribution in [2.24, 2.45) is 0 Å². The number of nitrogens with one attached hydrogen (secondary N) is 1. The highest BCUT2D eigenvalue weighted by molar-refractivity contribution is 5.85. The van der Waals surface area contributed by atoms with Crippen LogP contribution in [0.15, 0.2) is 72.2 Å². The summed E-state index contributed by atoms with van der Waals surface area (Å²) in [6.45, 7) is 0.0576. The molecule has 2 heterocycles. The van der Waals surface area contributed by atoms with Crippen LogP contribution in [0.1, 0.15) is 15.9 Å². The summed E-state index contributed by atoms with van der Waals surface area (Å²) < 4.78 is 5.92. The monoisotopic (exact) mass is 364 g/mol. The molecule has 0 aliphatic carbocycles. The Labute approximate surface area is 154 Å². The second kappa shape index (κ2) is 8.52. The predicted molar refractivity (Wildman–Crippen MR) is 97.3 cm³/mol. The Balaban J connectivity index is 1.66. The molecule has 0 spiro atoms. The molecule has 0 saturated heterocycles. The van der Waals surface area contributed by atoms with Crippen LogP contribution in [0.2, 0.25) is 0 Å². The van der Waals surface area contributed by atoms with Gasteiger partial charge in [-0.15, -0.1) is 0 Å². The Kier molecular flexibility index (Phi) is 5.68. The lowest BCUT2D eigenvalue weighted by Crippen LogP contribution is -2.31. The maximum absolute atomic E-state index is 12.4. The fourth-order valence-corrected chi connectivity index (χ4v) is 2.30. The fourth-order valence-electron chi connectivity index (χ4n) is 2.30. The molecule has 3 rings (SSSR count). The first-order chi connectivity index (χ1) is 13.1. The molecular formula is C19H16N4O4. The van der Waals surface area contributed by atoms with Crippen LogP contribution in [0.4, 0.5) is 10.5 Å². The van der Waals surface area contributed by atoms with E-state index < -0.39 is 17.6 Å². The van der Waals surface area contributed by atoms with Gasteiger partial charge in [0.15, 0.2) is 0 Å². The minimum Gasteiger partial charge on any atom is -0.444 e. The highest BCUT2D eigenvalue weighted by Crippen LogP contribution is 2.04. The van der Waals surface area contributed by atoms with Crippen molar-refractivity contribution >= 4 is 17.7 Å². The molecule has 3 aromatic rings. The van der Waals surface area contributed by atoms with Gasteiger partial charge < -0.3 is 4.74 Å². The average molecular weight is 364 g/mol. The summed E-state index contributed by atoms with van der Waals surface area (Å²) in [4.78, 5) is 44.4. The highest BCUT2D eigenvalue weighted by Gasteiger charge is 2.14. The maximum atomic E-state index is 12.4. The lowest BCUT2D eigenvalue weighted by Gasteiger charge is -2.08. The summed E-state index contributed by atoms with van der Waals surface area (Å²) in [6.07, 6.45) is 4.60. The summed E-state index contributed by atoms with van der Waals surface area (Å²) in [7, 11) is 0. The summed E-state index contributed by atoms with van der Waals surface area (Å²) in [6, 6.07) is 12.5. The molecule has 0 atom stereocenters. The Morgan fingerprint density at radius 3 is 2.48 bits per heavy atom. The second-order valence-electron chi connectivity index (χ2n) is 5.60. The SMILES string of the molecule is O=C(Nc1cncn(C(=O)Cc2ccncc2)c1=O)OCc1ccccc1. The van der Waals surface area contributed by atoms with Crippen LogP contribution >= 0.6 is 0 Å². The molecular weight excluding hydrogens is 348 g/mol. The molecule has 0 fully saturated rings. The molecule has 0 bridgehead atoms. The first-order valence-electron chi connectivity index (χ1n) is 8.10. The number of aromatic nitrogens is 3. The standard InChI is InChI=1S/C19H16N4O4/c24-17(10-14-6-8-20-9-7-14)23-13-21-11-16(18(23)25)22-19(26)27-12-15-4-2-1-3-5-15/h1-9,11,13H,10,12H2,(H,22,26). The first-order valence-corrected chi connectivity index (χ1v) is 8.10. The van der Waals surface area contributed by atoms with Crippen molar-refractivity contribution in [3.05, 3.63) is 88.9 Å². The van der Waals surface area contributed by atoms with E-state index >= 15 is 0 Å². The maximum Gasteiger partial charge on any atom is 0.412 e. The van der Waals surface area contributed by atoms with Gasteiger partial charge >= 0.3 is 6.09 Å². The quantitative estimate of drug-likeness (QED) is 0.745. The van der Waals surface area contributed by atoms with Crippen LogP contribution in [0.25, 0.3) is 0 Å². The van der Waals surface area contributed by atoms with Gasteiger partial charge in [0.2, 0.25) is 5.91 Å². The zero-order valence-corrected chi connectivity index (χ0v) is 14.2. The van der Waals surface area contributed by atoms with Gasteiger partial charge in [-0.05, 0) is 23.3 Å². The Hall–Kier alpha value is -3.81. The number of rotatable bonds is 5. The van der Waals surface area contributed by atoms with E-state index in [-0.39, 0.29) is 18.7 Å². The molecule has 136 valence electrons. The van der Waals surface area contributed by atoms with Gasteiger partial charge in [0.25, 0.3) is 5.56 Å². The van der Waals surface area contributed by atoms with Crippen LogP contribution in [-0.4, -0.2) is 26.5 Å². The van der Waals surface area contributed by atoms with Gasteiger partial charge in [-0.1, -0.05) is 30.3 Å². The van der Waals surface area contributed by atoms with E-state index in [9.17, 15) is 14.4 Å². The van der Waals surface area contributed by atoms with Gasteiger partial charge in [0.05, 0.1) is 12.6 Å². The van der Waals surface area contributed by atoms with Gasteiger partial charge in [0.1, 0.15) is 18.6 Å². The van der Waals surface area contributed by atoms with E-state index in [2.05, 4.69) is 15.3 Å². The number of amides is 1. The Morgan fingerprint density at radius 2 is 1.74 bits per heavy atom. The van der Waals surface area contributed by atoms with Gasteiger partial charge in [-0.25, -0.2) is 14.3 Å². The van der Waals surface area contributed by atoms with Crippen LogP contribution in [0.3, 0.4) is 0 Å². The van der Waals surface area contributed by atoms with Crippen molar-refractivity contribution in [3.63, 3.8) is 0 Å². The number of carbonyl (C=O) groups is 2. The molecule has 27 heavy (non-hydrogen) atoms. The first kappa shape index (κ1) is 18.0. The van der Waals surface area contributed by atoms with Crippen molar-refractivity contribution in [1.29, 1.82) is 0 Å². The average Bonchev–Trinajstić information content (AvgIpc) is 2.69. The van der Waals surface area contributed by atoms with Crippen LogP contribution in [-0.2, 0) is 17.8 Å². The molecule has 1 aromatic carbocycles. The topological polar surface area (TPSA) is 103 Å². The number of pyridine rings is 1.